The number of carbonyl (C=O) groups excluding carboxylic acids is 1. The van der Waals surface area contributed by atoms with Crippen LogP contribution >= 0.6 is 0 Å². The highest BCUT2D eigenvalue weighted by Gasteiger charge is 2.27. The van der Waals surface area contributed by atoms with Crippen molar-refractivity contribution in [1.29, 1.82) is 0 Å². The Morgan fingerprint density at radius 3 is 2.96 bits per heavy atom. The summed E-state index contributed by atoms with van der Waals surface area (Å²) in [4.78, 5) is 16.5. The van der Waals surface area contributed by atoms with Crippen molar-refractivity contribution in [3.8, 4) is 17.2 Å². The Bertz CT molecular complexity index is 911. The number of nitrogens with one attached hydrogen (secondary N) is 1. The summed E-state index contributed by atoms with van der Waals surface area (Å²) in [6.45, 7) is 1.37. The van der Waals surface area contributed by atoms with Gasteiger partial charge in [-0.1, -0.05) is 18.2 Å². The number of para-hydroxylation sites is 2. The van der Waals surface area contributed by atoms with Crippen molar-refractivity contribution >= 4 is 11.6 Å². The number of fused-ring (bicyclic) bond motifs is 1. The van der Waals surface area contributed by atoms with Gasteiger partial charge in [0, 0.05) is 24.1 Å². The van der Waals surface area contributed by atoms with Gasteiger partial charge in [-0.2, -0.15) is 0 Å². The fourth-order valence-corrected chi connectivity index (χ4v) is 2.72. The Morgan fingerprint density at radius 2 is 2.11 bits per heavy atom. The van der Waals surface area contributed by atoms with E-state index in [-0.39, 0.29) is 12.5 Å². The minimum absolute atomic E-state index is 0.171. The first-order valence-electron chi connectivity index (χ1n) is 8.66. The minimum Gasteiger partial charge on any atom is -0.492 e. The van der Waals surface area contributed by atoms with Crippen LogP contribution < -0.4 is 19.5 Å². The van der Waals surface area contributed by atoms with Gasteiger partial charge in [-0.05, 0) is 24.3 Å². The Kier molecular flexibility index (Phi) is 4.91. The number of benzene rings is 2. The molecule has 7 nitrogen and oxygen atoms in total. The van der Waals surface area contributed by atoms with Gasteiger partial charge in [-0.3, -0.25) is 4.79 Å². The fraction of sp³-hybridized carbons (Fsp3) is 0.200. The molecule has 138 valence electrons. The van der Waals surface area contributed by atoms with Crippen LogP contribution in [0.15, 0.2) is 67.3 Å². The average Bonchev–Trinajstić information content (AvgIpc) is 3.21. The van der Waals surface area contributed by atoms with Crippen molar-refractivity contribution in [2.45, 2.75) is 12.6 Å². The van der Waals surface area contributed by atoms with Crippen molar-refractivity contribution in [3.05, 3.63) is 67.3 Å². The molecule has 27 heavy (non-hydrogen) atoms. The fourth-order valence-electron chi connectivity index (χ4n) is 2.72. The summed E-state index contributed by atoms with van der Waals surface area (Å²) in [7, 11) is 0. The third-order valence-corrected chi connectivity index (χ3v) is 4.08. The van der Waals surface area contributed by atoms with Crippen molar-refractivity contribution in [2.75, 3.05) is 18.5 Å². The molecular formula is C20H19N3O4. The van der Waals surface area contributed by atoms with Crippen LogP contribution in [0.3, 0.4) is 0 Å². The number of anilines is 1. The first kappa shape index (κ1) is 17.0. The summed E-state index contributed by atoms with van der Waals surface area (Å²) in [5.41, 5.74) is 0.641. The maximum absolute atomic E-state index is 12.5. The van der Waals surface area contributed by atoms with E-state index in [1.54, 1.807) is 30.7 Å². The second-order valence-corrected chi connectivity index (χ2v) is 6.03. The molecule has 1 aliphatic heterocycles. The highest BCUT2D eigenvalue weighted by atomic mass is 16.6. The standard InChI is InChI=1S/C20H19N3O4/c24-20(19-13-26-17-6-1-2-7-18(17)27-19)22-15-4-3-5-16(12-15)25-11-10-23-9-8-21-14-23/h1-9,12,14,19H,10-11,13H2,(H,22,24). The number of imidazole rings is 1. The van der Waals surface area contributed by atoms with E-state index >= 15 is 0 Å². The summed E-state index contributed by atoms with van der Waals surface area (Å²) in [6.07, 6.45) is 4.64. The number of aromatic nitrogens is 2. The molecule has 0 spiro atoms. The zero-order chi connectivity index (χ0) is 18.5. The van der Waals surface area contributed by atoms with Gasteiger partial charge < -0.3 is 24.1 Å². The Hall–Kier alpha value is -3.48. The molecule has 1 amide bonds. The molecule has 1 aliphatic rings. The van der Waals surface area contributed by atoms with Crippen LogP contribution in [0.2, 0.25) is 0 Å². The van der Waals surface area contributed by atoms with Gasteiger partial charge in [0.05, 0.1) is 12.9 Å². The van der Waals surface area contributed by atoms with Crippen molar-refractivity contribution < 1.29 is 19.0 Å². The molecule has 2 aromatic carbocycles. The first-order chi connectivity index (χ1) is 13.3. The number of nitrogens with zero attached hydrogens (tertiary/aromatic N) is 2. The topological polar surface area (TPSA) is 74.6 Å². The number of hydrogen-bond acceptors (Lipinski definition) is 5. The van der Waals surface area contributed by atoms with Gasteiger partial charge in [-0.15, -0.1) is 0 Å². The number of ether oxygens (including phenoxy) is 3. The van der Waals surface area contributed by atoms with E-state index in [4.69, 9.17) is 14.2 Å². The molecule has 0 radical (unpaired) electrons. The molecule has 1 N–H and O–H groups in total. The van der Waals surface area contributed by atoms with E-state index in [9.17, 15) is 4.79 Å². The summed E-state index contributed by atoms with van der Waals surface area (Å²) in [5, 5.41) is 2.85. The lowest BCUT2D eigenvalue weighted by Crippen LogP contribution is -2.40. The van der Waals surface area contributed by atoms with Crippen LogP contribution in [-0.4, -0.2) is 34.8 Å². The maximum atomic E-state index is 12.5. The van der Waals surface area contributed by atoms with Crippen LogP contribution in [0.25, 0.3) is 0 Å². The Balaban J connectivity index is 1.33. The second-order valence-electron chi connectivity index (χ2n) is 6.03. The number of amides is 1. The van der Waals surface area contributed by atoms with Crippen molar-refractivity contribution in [2.24, 2.45) is 0 Å². The van der Waals surface area contributed by atoms with Gasteiger partial charge in [0.15, 0.2) is 11.5 Å². The monoisotopic (exact) mass is 365 g/mol. The summed E-state index contributed by atoms with van der Waals surface area (Å²) < 4.78 is 19.0. The molecule has 0 fully saturated rings. The quantitative estimate of drug-likeness (QED) is 0.727. The van der Waals surface area contributed by atoms with Gasteiger partial charge in [0.1, 0.15) is 19.0 Å². The first-order valence-corrected chi connectivity index (χ1v) is 8.66. The van der Waals surface area contributed by atoms with Gasteiger partial charge in [0.25, 0.3) is 5.91 Å². The van der Waals surface area contributed by atoms with Crippen LogP contribution in [0.5, 0.6) is 17.2 Å². The lowest BCUT2D eigenvalue weighted by Gasteiger charge is -2.25. The van der Waals surface area contributed by atoms with Gasteiger partial charge >= 0.3 is 0 Å². The van der Waals surface area contributed by atoms with E-state index in [0.29, 0.717) is 36.1 Å². The highest BCUT2D eigenvalue weighted by Crippen LogP contribution is 2.31. The van der Waals surface area contributed by atoms with E-state index in [1.807, 2.05) is 41.1 Å². The molecule has 2 heterocycles. The van der Waals surface area contributed by atoms with Gasteiger partial charge in [-0.25, -0.2) is 4.98 Å². The lowest BCUT2D eigenvalue weighted by atomic mass is 10.2. The third-order valence-electron chi connectivity index (χ3n) is 4.08. The second kappa shape index (κ2) is 7.82. The zero-order valence-corrected chi connectivity index (χ0v) is 14.6. The SMILES string of the molecule is O=C(Nc1cccc(OCCn2ccnc2)c1)C1COc2ccccc2O1. The number of rotatable bonds is 6. The predicted molar refractivity (Wildman–Crippen MR) is 99.1 cm³/mol. The summed E-state index contributed by atoms with van der Waals surface area (Å²) in [6, 6.07) is 14.6. The molecule has 0 bridgehead atoms. The minimum atomic E-state index is -0.703. The van der Waals surface area contributed by atoms with E-state index in [2.05, 4.69) is 10.3 Å². The van der Waals surface area contributed by atoms with Crippen molar-refractivity contribution in [3.63, 3.8) is 0 Å². The highest BCUT2D eigenvalue weighted by molar-refractivity contribution is 5.94. The van der Waals surface area contributed by atoms with Gasteiger partial charge in [0.2, 0.25) is 6.10 Å². The Labute approximate surface area is 156 Å². The molecule has 1 aromatic heterocycles. The normalized spacial score (nSPS) is 15.2. The van der Waals surface area contributed by atoms with Crippen molar-refractivity contribution in [1.82, 2.24) is 9.55 Å². The molecule has 4 rings (SSSR count). The molecule has 0 aliphatic carbocycles. The largest absolute Gasteiger partial charge is 0.492 e. The van der Waals surface area contributed by atoms with Crippen LogP contribution in [0.4, 0.5) is 5.69 Å². The molecule has 1 unspecified atom stereocenters. The number of hydrogen-bond donors (Lipinski definition) is 1. The average molecular weight is 365 g/mol. The third kappa shape index (κ3) is 4.20. The molecular weight excluding hydrogens is 346 g/mol. The maximum Gasteiger partial charge on any atom is 0.269 e. The lowest BCUT2D eigenvalue weighted by molar-refractivity contribution is -0.125. The number of carbonyl (C=O) groups is 1. The Morgan fingerprint density at radius 1 is 1.22 bits per heavy atom. The summed E-state index contributed by atoms with van der Waals surface area (Å²) in [5.74, 6) is 1.63. The molecule has 1 atom stereocenters. The van der Waals surface area contributed by atoms with Crippen LogP contribution in [0.1, 0.15) is 0 Å². The summed E-state index contributed by atoms with van der Waals surface area (Å²) >= 11 is 0. The van der Waals surface area contributed by atoms with E-state index in [1.165, 1.54) is 0 Å². The molecule has 0 saturated carbocycles. The predicted octanol–water partition coefficient (Wildman–Crippen LogP) is 2.74. The molecule has 7 heteroatoms. The molecule has 0 saturated heterocycles. The van der Waals surface area contributed by atoms with E-state index in [0.717, 1.165) is 0 Å². The van der Waals surface area contributed by atoms with E-state index < -0.39 is 6.10 Å². The van der Waals surface area contributed by atoms with Crippen LogP contribution in [-0.2, 0) is 11.3 Å². The smallest absolute Gasteiger partial charge is 0.269 e. The molecule has 3 aromatic rings. The van der Waals surface area contributed by atoms with Crippen LogP contribution in [0, 0.1) is 0 Å². The zero-order valence-electron chi connectivity index (χ0n) is 14.6.